The Morgan fingerprint density at radius 2 is 1.32 bits per heavy atom. The minimum Gasteiger partial charge on any atom is -0.354 e. The number of nitrogens with zero attached hydrogens (tertiary/aromatic N) is 1. The average Bonchev–Trinajstić information content (AvgIpc) is 2.73. The Morgan fingerprint density at radius 1 is 0.750 bits per heavy atom. The molecule has 5 aromatic rings. The first kappa shape index (κ1) is 16.5. The number of pyridine rings is 2. The molecule has 0 radical (unpaired) electrons. The second kappa shape index (κ2) is 5.94. The highest BCUT2D eigenvalue weighted by molar-refractivity contribution is 6.12. The third-order valence-corrected chi connectivity index (χ3v) is 5.22. The molecule has 2 aromatic heterocycles. The van der Waals surface area contributed by atoms with Gasteiger partial charge in [-0.25, -0.2) is 0 Å². The molecule has 2 heterocycles. The van der Waals surface area contributed by atoms with E-state index in [0.29, 0.717) is 43.8 Å². The molecule has 6 nitrogen and oxygen atoms in total. The van der Waals surface area contributed by atoms with Crippen LogP contribution in [-0.4, -0.2) is 21.4 Å². The third-order valence-electron chi connectivity index (χ3n) is 5.02. The Bertz CT molecular complexity index is 1570. The van der Waals surface area contributed by atoms with Gasteiger partial charge in [0.1, 0.15) is 0 Å². The fourth-order valence-electron chi connectivity index (χ4n) is 3.60. The van der Waals surface area contributed by atoms with E-state index < -0.39 is 0 Å². The number of hydrazine groups is 1. The fourth-order valence-corrected chi connectivity index (χ4v) is 3.70. The molecule has 0 amide bonds. The van der Waals surface area contributed by atoms with Gasteiger partial charge in [0, 0.05) is 33.8 Å². The zero-order valence-electron chi connectivity index (χ0n) is 14.5. The molecule has 28 heavy (non-hydrogen) atoms. The predicted octanol–water partition coefficient (Wildman–Crippen LogP) is 3.68. The van der Waals surface area contributed by atoms with Gasteiger partial charge in [-0.3, -0.25) is 9.59 Å². The second-order valence-corrected chi connectivity index (χ2v) is 6.81. The van der Waals surface area contributed by atoms with E-state index >= 15 is 0 Å². The summed E-state index contributed by atoms with van der Waals surface area (Å²) in [6.45, 7) is 3.74. The molecular formula is C21H14ClN4O2+. The summed E-state index contributed by atoms with van der Waals surface area (Å²) in [5, 5.41) is 2.16. The number of benzene rings is 3. The van der Waals surface area contributed by atoms with Crippen molar-refractivity contribution in [1.29, 1.82) is 0 Å². The lowest BCUT2D eigenvalue weighted by Crippen LogP contribution is -2.13. The molecule has 0 fully saturated rings. The molecule has 0 atom stereocenters. The molecule has 0 spiro atoms. The quantitative estimate of drug-likeness (QED) is 0.142. The van der Waals surface area contributed by atoms with Crippen molar-refractivity contribution in [3.05, 3.63) is 75.0 Å². The van der Waals surface area contributed by atoms with Crippen LogP contribution >= 0.6 is 11.8 Å². The lowest BCUT2D eigenvalue weighted by atomic mass is 10.1. The zero-order chi connectivity index (χ0) is 19.4. The molecule has 5 rings (SSSR count). The van der Waals surface area contributed by atoms with E-state index in [1.807, 2.05) is 18.2 Å². The number of nitrogens with one attached hydrogen (secondary N) is 3. The van der Waals surface area contributed by atoms with Gasteiger partial charge in [0.15, 0.2) is 17.6 Å². The summed E-state index contributed by atoms with van der Waals surface area (Å²) < 4.78 is 1.36. The van der Waals surface area contributed by atoms with E-state index in [-0.39, 0.29) is 10.9 Å². The molecule has 3 N–H and O–H groups in total. The maximum atomic E-state index is 13.1. The Labute approximate surface area is 162 Å². The minimum absolute atomic E-state index is 0.0663. The maximum Gasteiger partial charge on any atom is 0.236 e. The summed E-state index contributed by atoms with van der Waals surface area (Å²) >= 11 is 5.59. The Kier molecular flexibility index (Phi) is 3.50. The lowest BCUT2D eigenvalue weighted by molar-refractivity contribution is -0.472. The standard InChI is InChI=1S/C21H13ClN4O2/c1-26(25-22)11-6-7-17-13(8-11)21(28)15-10-18-14(9-19(15)24-17)20(27)12-4-2-3-5-16(12)23-18/h2-10,25H,1H2,(H-,23,24,27,28)/p+1. The van der Waals surface area contributed by atoms with E-state index in [1.165, 1.54) is 4.68 Å². The van der Waals surface area contributed by atoms with Crippen molar-refractivity contribution in [2.45, 2.75) is 0 Å². The minimum atomic E-state index is -0.135. The number of H-pyrrole nitrogens is 2. The number of para-hydroxylation sites is 1. The number of hydrogen-bond donors (Lipinski definition) is 3. The van der Waals surface area contributed by atoms with Crippen LogP contribution in [0, 0.1) is 0 Å². The molecule has 0 unspecified atom stereocenters. The van der Waals surface area contributed by atoms with E-state index in [1.54, 1.807) is 36.4 Å². The van der Waals surface area contributed by atoms with Crippen LogP contribution in [0.15, 0.2) is 64.2 Å². The monoisotopic (exact) mass is 389 g/mol. The van der Waals surface area contributed by atoms with Crippen LogP contribution in [0.5, 0.6) is 0 Å². The Balaban J connectivity index is 1.91. The van der Waals surface area contributed by atoms with Crippen molar-refractivity contribution < 1.29 is 4.68 Å². The van der Waals surface area contributed by atoms with E-state index in [2.05, 4.69) is 21.6 Å². The summed E-state index contributed by atoms with van der Waals surface area (Å²) in [5.74, 6) is 0. The summed E-state index contributed by atoms with van der Waals surface area (Å²) in [4.78, 5) is 34.9. The van der Waals surface area contributed by atoms with Gasteiger partial charge in [-0.2, -0.15) is 0 Å². The van der Waals surface area contributed by atoms with Crippen LogP contribution in [0.25, 0.3) is 43.6 Å². The van der Waals surface area contributed by atoms with Gasteiger partial charge in [-0.15, -0.1) is 0 Å². The normalized spacial score (nSPS) is 11.5. The summed E-state index contributed by atoms with van der Waals surface area (Å²) in [7, 11) is 0. The second-order valence-electron chi connectivity index (χ2n) is 6.64. The Morgan fingerprint density at radius 3 is 2.00 bits per heavy atom. The first-order valence-electron chi connectivity index (χ1n) is 8.58. The maximum absolute atomic E-state index is 13.1. The van der Waals surface area contributed by atoms with Crippen LogP contribution in [0.1, 0.15) is 0 Å². The molecule has 0 saturated carbocycles. The van der Waals surface area contributed by atoms with Gasteiger partial charge < -0.3 is 9.97 Å². The van der Waals surface area contributed by atoms with Crippen LogP contribution in [0.4, 0.5) is 5.69 Å². The van der Waals surface area contributed by atoms with Crippen LogP contribution in [0.3, 0.4) is 0 Å². The molecule has 0 bridgehead atoms. The Hall–Kier alpha value is -3.64. The van der Waals surface area contributed by atoms with Crippen LogP contribution in [0.2, 0.25) is 0 Å². The van der Waals surface area contributed by atoms with Gasteiger partial charge in [0.25, 0.3) is 0 Å². The number of hydrazone groups is 1. The number of hydrogen-bond acceptors (Lipinski definition) is 3. The highest BCUT2D eigenvalue weighted by Gasteiger charge is 2.13. The van der Waals surface area contributed by atoms with E-state index in [9.17, 15) is 9.59 Å². The molecule has 136 valence electrons. The number of aromatic amines is 2. The molecule has 0 saturated heterocycles. The highest BCUT2D eigenvalue weighted by atomic mass is 35.5. The SMILES string of the molecule is C=[N+](NCl)c1ccc2[nH]c3cc4c(=O)c5ccccc5[nH]c4cc3c(=O)c2c1. The molecular weight excluding hydrogens is 376 g/mol. The van der Waals surface area contributed by atoms with Gasteiger partial charge in [0.2, 0.25) is 5.69 Å². The molecule has 7 heteroatoms. The summed E-state index contributed by atoms with van der Waals surface area (Å²) in [6, 6.07) is 16.1. The summed E-state index contributed by atoms with van der Waals surface area (Å²) in [5.41, 5.74) is 3.08. The lowest BCUT2D eigenvalue weighted by Gasteiger charge is -2.07. The smallest absolute Gasteiger partial charge is 0.236 e. The number of fused-ring (bicyclic) bond motifs is 4. The average molecular weight is 390 g/mol. The van der Waals surface area contributed by atoms with E-state index in [4.69, 9.17) is 11.8 Å². The predicted molar refractivity (Wildman–Crippen MR) is 114 cm³/mol. The van der Waals surface area contributed by atoms with Crippen molar-refractivity contribution in [2.24, 2.45) is 0 Å². The number of halogens is 1. The van der Waals surface area contributed by atoms with E-state index in [0.717, 1.165) is 5.52 Å². The van der Waals surface area contributed by atoms with Crippen molar-refractivity contribution in [2.75, 3.05) is 0 Å². The van der Waals surface area contributed by atoms with Gasteiger partial charge in [-0.05, 0) is 30.3 Å². The molecule has 0 aliphatic carbocycles. The summed E-state index contributed by atoms with van der Waals surface area (Å²) in [6.07, 6.45) is 0. The van der Waals surface area contributed by atoms with Crippen LogP contribution in [-0.2, 0) is 0 Å². The van der Waals surface area contributed by atoms with Gasteiger partial charge in [-0.1, -0.05) is 21.8 Å². The van der Waals surface area contributed by atoms with Crippen molar-refractivity contribution in [3.8, 4) is 0 Å². The fraction of sp³-hybridized carbons (Fsp3) is 0. The number of aromatic nitrogens is 2. The van der Waals surface area contributed by atoms with Crippen molar-refractivity contribution in [3.63, 3.8) is 0 Å². The largest absolute Gasteiger partial charge is 0.354 e. The number of rotatable bonds is 2. The first-order valence-corrected chi connectivity index (χ1v) is 8.96. The molecule has 3 aromatic carbocycles. The van der Waals surface area contributed by atoms with Crippen molar-refractivity contribution >= 4 is 67.8 Å². The molecule has 0 aliphatic rings. The highest BCUT2D eigenvalue weighted by Crippen LogP contribution is 2.23. The van der Waals surface area contributed by atoms with Gasteiger partial charge in [0.05, 0.1) is 33.7 Å². The first-order chi connectivity index (χ1) is 13.6. The van der Waals surface area contributed by atoms with Crippen molar-refractivity contribution in [1.82, 2.24) is 14.9 Å². The zero-order valence-corrected chi connectivity index (χ0v) is 15.3. The van der Waals surface area contributed by atoms with Crippen LogP contribution < -0.4 is 15.8 Å². The topological polar surface area (TPSA) is 80.8 Å². The molecule has 0 aliphatic heterocycles. The van der Waals surface area contributed by atoms with Gasteiger partial charge >= 0.3 is 0 Å². The third kappa shape index (κ3) is 2.32.